The predicted molar refractivity (Wildman–Crippen MR) is 15.8 cm³/mol. The van der Waals surface area contributed by atoms with E-state index in [1.807, 2.05) is 0 Å². The first kappa shape index (κ1) is 5.29. The second-order valence-electron chi connectivity index (χ2n) is 0.480. The van der Waals surface area contributed by atoms with E-state index in [0.717, 1.165) is 0 Å². The first-order valence-corrected chi connectivity index (χ1v) is 2.37. The van der Waals surface area contributed by atoms with Gasteiger partial charge in [-0.05, 0) is 0 Å². The summed E-state index contributed by atoms with van der Waals surface area (Å²) in [7, 11) is -3.00. The van der Waals surface area contributed by atoms with E-state index in [1.165, 1.54) is 0 Å². The van der Waals surface area contributed by atoms with Crippen LogP contribution in [0.5, 0.6) is 0 Å². The highest BCUT2D eigenvalue weighted by Gasteiger charge is 1.98. The largest absolute Gasteiger partial charge is 0.772 e. The van der Waals surface area contributed by atoms with Gasteiger partial charge in [0.2, 0.25) is 0 Å². The molecule has 0 aliphatic heterocycles. The fraction of sp³-hybridized carbons (Fsp3) is 0. The third kappa shape index (κ3) is 3.29. The summed E-state index contributed by atoms with van der Waals surface area (Å²) in [4.78, 5) is 16.7. The van der Waals surface area contributed by atoms with E-state index >= 15 is 0 Å². The first-order chi connectivity index (χ1) is 2.77. The van der Waals surface area contributed by atoms with Crippen LogP contribution in [0.3, 0.4) is 0 Å². The zero-order valence-electron chi connectivity index (χ0n) is 2.75. The normalized spacial score (nSPS) is 6.67. The third-order valence-corrected chi connectivity index (χ3v) is 0.447. The highest BCUT2D eigenvalue weighted by molar-refractivity contribution is 6.26. The fourth-order valence-corrected chi connectivity index (χ4v) is 0.123. The van der Waals surface area contributed by atoms with Crippen molar-refractivity contribution in [3.05, 3.63) is 0 Å². The average Bonchev–Trinajstić information content (AvgIpc) is 1.35. The highest BCUT2D eigenvalue weighted by atomic mass is 28.3. The third-order valence-electron chi connectivity index (χ3n) is 0.149. The number of carbonyl (C=O) groups is 1. The maximum atomic E-state index is 9.33. The fourth-order valence-electron chi connectivity index (χ4n) is 0.0412. The van der Waals surface area contributed by atoms with Crippen molar-refractivity contribution >= 4 is 15.6 Å². The van der Waals surface area contributed by atoms with E-state index in [2.05, 4.69) is 4.43 Å². The summed E-state index contributed by atoms with van der Waals surface area (Å²) in [5, 5.41) is 0. The standard InChI is InChI=1S/CH2O4Si/c2-1-5-6(3)4/h1,3H. The van der Waals surface area contributed by atoms with Crippen molar-refractivity contribution < 1.29 is 18.5 Å². The van der Waals surface area contributed by atoms with Crippen LogP contribution in [0.2, 0.25) is 0 Å². The second kappa shape index (κ2) is 2.52. The molecule has 0 fully saturated rings. The zero-order valence-corrected chi connectivity index (χ0v) is 3.75. The topological polar surface area (TPSA) is 63.6 Å². The van der Waals surface area contributed by atoms with Crippen molar-refractivity contribution in [1.29, 1.82) is 0 Å². The van der Waals surface area contributed by atoms with E-state index in [0.29, 0.717) is 0 Å². The molecule has 0 rings (SSSR count). The molecule has 5 heteroatoms. The maximum Gasteiger partial charge on any atom is 0.772 e. The van der Waals surface area contributed by atoms with Gasteiger partial charge in [-0.25, -0.2) is 0 Å². The summed E-state index contributed by atoms with van der Waals surface area (Å²) in [5.74, 6) is 0. The minimum atomic E-state index is -3.00. The van der Waals surface area contributed by atoms with Crippen LogP contribution in [0.1, 0.15) is 0 Å². The van der Waals surface area contributed by atoms with Crippen LogP contribution in [-0.2, 0) is 13.7 Å². The summed E-state index contributed by atoms with van der Waals surface area (Å²) in [6, 6.07) is 0. The van der Waals surface area contributed by atoms with Crippen LogP contribution in [0.15, 0.2) is 0 Å². The summed E-state index contributed by atoms with van der Waals surface area (Å²) in [6.45, 7) is -0.0682. The molecule has 6 heavy (non-hydrogen) atoms. The van der Waals surface area contributed by atoms with E-state index in [-0.39, 0.29) is 6.47 Å². The molecule has 0 saturated carbocycles. The monoisotopic (exact) mass is 106 g/mol. The van der Waals surface area contributed by atoms with Crippen molar-refractivity contribution in [2.75, 3.05) is 0 Å². The molecular formula is CH2O4Si. The quantitative estimate of drug-likeness (QED) is 0.346. The first-order valence-electron chi connectivity index (χ1n) is 1.10. The van der Waals surface area contributed by atoms with E-state index < -0.39 is 9.17 Å². The Morgan fingerprint density at radius 3 is 2.33 bits per heavy atom. The molecule has 0 saturated heterocycles. The van der Waals surface area contributed by atoms with Crippen molar-refractivity contribution in [3.63, 3.8) is 0 Å². The number of hydrogen-bond acceptors (Lipinski definition) is 3. The summed E-state index contributed by atoms with van der Waals surface area (Å²) in [6.07, 6.45) is 0. The molecule has 0 bridgehead atoms. The van der Waals surface area contributed by atoms with Crippen molar-refractivity contribution in [2.24, 2.45) is 0 Å². The molecule has 1 N–H and O–H groups in total. The molecule has 0 amide bonds. The molecule has 4 nitrogen and oxygen atoms in total. The van der Waals surface area contributed by atoms with Gasteiger partial charge >= 0.3 is 9.17 Å². The number of rotatable bonds is 2. The zero-order chi connectivity index (χ0) is 4.99. The Balaban J connectivity index is 3.05. The van der Waals surface area contributed by atoms with Gasteiger partial charge in [-0.1, -0.05) is 0 Å². The van der Waals surface area contributed by atoms with Crippen molar-refractivity contribution in [1.82, 2.24) is 0 Å². The predicted octanol–water partition coefficient (Wildman–Crippen LogP) is -1.43. The molecule has 0 aromatic rings. The molecule has 0 spiro atoms. The van der Waals surface area contributed by atoms with Crippen LogP contribution in [0.25, 0.3) is 0 Å². The van der Waals surface area contributed by atoms with E-state index in [4.69, 9.17) is 9.59 Å². The lowest BCUT2D eigenvalue weighted by Gasteiger charge is -1.75. The second-order valence-corrected chi connectivity index (χ2v) is 1.25. The Labute approximate surface area is 35.3 Å². The molecule has 0 unspecified atom stereocenters. The molecule has 0 aromatic carbocycles. The molecule has 0 aromatic heterocycles. The summed E-state index contributed by atoms with van der Waals surface area (Å²) in [5.41, 5.74) is 0. The van der Waals surface area contributed by atoms with Crippen molar-refractivity contribution in [3.8, 4) is 0 Å². The van der Waals surface area contributed by atoms with Gasteiger partial charge in [0.05, 0.1) is 0 Å². The van der Waals surface area contributed by atoms with E-state index in [1.54, 1.807) is 0 Å². The lowest BCUT2D eigenvalue weighted by molar-refractivity contribution is -0.122. The Kier molecular flexibility index (Phi) is 2.22. The summed E-state index contributed by atoms with van der Waals surface area (Å²) < 4.78 is 12.8. The lowest BCUT2D eigenvalue weighted by atomic mass is 11.7. The SMILES string of the molecule is O=CO[Si](=O)O. The maximum absolute atomic E-state index is 9.33. The van der Waals surface area contributed by atoms with Crippen LogP contribution >= 0.6 is 0 Å². The Hall–Kier alpha value is -0.713. The number of carbonyl (C=O) groups excluding carboxylic acids is 1. The Bertz CT molecular complexity index is 67.9. The van der Waals surface area contributed by atoms with Crippen LogP contribution in [-0.4, -0.2) is 20.4 Å². The van der Waals surface area contributed by atoms with Gasteiger partial charge in [-0.2, -0.15) is 0 Å². The van der Waals surface area contributed by atoms with E-state index in [9.17, 15) is 4.46 Å². The molecule has 0 heterocycles. The van der Waals surface area contributed by atoms with Crippen LogP contribution < -0.4 is 0 Å². The number of hydrogen-bond donors (Lipinski definition) is 1. The van der Waals surface area contributed by atoms with Gasteiger partial charge in [0.25, 0.3) is 6.47 Å². The molecule has 0 aliphatic carbocycles. The minimum Gasteiger partial charge on any atom is -0.511 e. The molecule has 0 radical (unpaired) electrons. The smallest absolute Gasteiger partial charge is 0.511 e. The highest BCUT2D eigenvalue weighted by Crippen LogP contribution is 1.54. The lowest BCUT2D eigenvalue weighted by Crippen LogP contribution is -2.01. The summed E-state index contributed by atoms with van der Waals surface area (Å²) >= 11 is 0. The van der Waals surface area contributed by atoms with Gasteiger partial charge in [-0.15, -0.1) is 0 Å². The van der Waals surface area contributed by atoms with Crippen molar-refractivity contribution in [2.45, 2.75) is 0 Å². The van der Waals surface area contributed by atoms with Gasteiger partial charge in [0.15, 0.2) is 0 Å². The van der Waals surface area contributed by atoms with Gasteiger partial charge < -0.3 is 9.22 Å². The molecule has 0 atom stereocenters. The van der Waals surface area contributed by atoms with Gasteiger partial charge in [0, 0.05) is 0 Å². The van der Waals surface area contributed by atoms with Gasteiger partial charge in [0.1, 0.15) is 0 Å². The van der Waals surface area contributed by atoms with Crippen LogP contribution in [0.4, 0.5) is 0 Å². The molecular weight excluding hydrogens is 104 g/mol. The van der Waals surface area contributed by atoms with Gasteiger partial charge in [-0.3, -0.25) is 9.26 Å². The van der Waals surface area contributed by atoms with Crippen LogP contribution in [0, 0.1) is 0 Å². The Morgan fingerprint density at radius 2 is 2.33 bits per heavy atom. The minimum absolute atomic E-state index is 0.0682. The Morgan fingerprint density at radius 1 is 1.83 bits per heavy atom. The molecule has 0 aliphatic rings. The average molecular weight is 106 g/mol. The molecule has 34 valence electrons.